The molecule has 1 aliphatic carbocycles. The van der Waals surface area contributed by atoms with Crippen molar-refractivity contribution < 1.29 is 4.79 Å². The number of rotatable bonds is 3. The molecule has 0 aromatic heterocycles. The normalized spacial score (nSPS) is 29.6. The van der Waals surface area contributed by atoms with E-state index in [1.807, 2.05) is 0 Å². The number of hydrogen-bond donors (Lipinski definition) is 0. The highest BCUT2D eigenvalue weighted by atomic mass is 16.1. The molecule has 16 heavy (non-hydrogen) atoms. The van der Waals surface area contributed by atoms with Crippen LogP contribution in [0.15, 0.2) is 0 Å². The van der Waals surface area contributed by atoms with Crippen LogP contribution in [0.5, 0.6) is 0 Å². The highest BCUT2D eigenvalue weighted by molar-refractivity contribution is 5.84. The fraction of sp³-hybridized carbons (Fsp3) is 0.929. The summed E-state index contributed by atoms with van der Waals surface area (Å²) in [6.07, 6.45) is 9.67. The monoisotopic (exact) mass is 223 g/mol. The van der Waals surface area contributed by atoms with Gasteiger partial charge in [0.05, 0.1) is 6.04 Å². The molecule has 1 saturated heterocycles. The molecule has 1 heterocycles. The fourth-order valence-electron chi connectivity index (χ4n) is 3.31. The van der Waals surface area contributed by atoms with E-state index in [4.69, 9.17) is 0 Å². The fourth-order valence-corrected chi connectivity index (χ4v) is 3.31. The van der Waals surface area contributed by atoms with E-state index < -0.39 is 0 Å². The van der Waals surface area contributed by atoms with Gasteiger partial charge in [-0.1, -0.05) is 26.2 Å². The Bertz CT molecular complexity index is 231. The lowest BCUT2D eigenvalue weighted by molar-refractivity contribution is -0.126. The van der Waals surface area contributed by atoms with Gasteiger partial charge >= 0.3 is 0 Å². The average Bonchev–Trinajstić information content (AvgIpc) is 2.31. The molecule has 2 aliphatic rings. The molecule has 0 unspecified atom stereocenters. The van der Waals surface area contributed by atoms with Crippen LogP contribution in [0.2, 0.25) is 0 Å². The number of Topliss-reactive ketones (excluding diaryl/α,β-unsaturated/α-hetero) is 1. The summed E-state index contributed by atoms with van der Waals surface area (Å²) in [6, 6.07) is 0.288. The molecule has 0 bridgehead atoms. The largest absolute Gasteiger partial charge is 0.298 e. The summed E-state index contributed by atoms with van der Waals surface area (Å²) in [4.78, 5) is 14.3. The second kappa shape index (κ2) is 5.81. The van der Waals surface area contributed by atoms with Crippen LogP contribution in [0.1, 0.15) is 58.3 Å². The van der Waals surface area contributed by atoms with Crippen molar-refractivity contribution in [1.29, 1.82) is 0 Å². The molecule has 1 aliphatic heterocycles. The Morgan fingerprint density at radius 3 is 2.56 bits per heavy atom. The smallest absolute Gasteiger partial charge is 0.149 e. The van der Waals surface area contributed by atoms with Crippen molar-refractivity contribution in [2.45, 2.75) is 64.3 Å². The number of hydrogen-bond acceptors (Lipinski definition) is 2. The molecule has 0 radical (unpaired) electrons. The maximum absolute atomic E-state index is 11.9. The van der Waals surface area contributed by atoms with Crippen molar-refractivity contribution in [3.05, 3.63) is 0 Å². The molecule has 1 atom stereocenters. The zero-order chi connectivity index (χ0) is 11.4. The van der Waals surface area contributed by atoms with E-state index in [1.54, 1.807) is 0 Å². The molecule has 1 saturated carbocycles. The van der Waals surface area contributed by atoms with Gasteiger partial charge in [-0.2, -0.15) is 0 Å². The maximum atomic E-state index is 11.9. The van der Waals surface area contributed by atoms with E-state index in [2.05, 4.69) is 11.8 Å². The summed E-state index contributed by atoms with van der Waals surface area (Å²) in [5.74, 6) is 1.44. The predicted molar refractivity (Wildman–Crippen MR) is 66.5 cm³/mol. The van der Waals surface area contributed by atoms with Crippen LogP contribution in [-0.2, 0) is 4.79 Å². The number of piperidine rings is 1. The van der Waals surface area contributed by atoms with Crippen LogP contribution < -0.4 is 0 Å². The topological polar surface area (TPSA) is 20.3 Å². The summed E-state index contributed by atoms with van der Waals surface area (Å²) in [7, 11) is 0. The van der Waals surface area contributed by atoms with Gasteiger partial charge in [-0.25, -0.2) is 0 Å². The first kappa shape index (κ1) is 12.1. The second-order valence-corrected chi connectivity index (χ2v) is 5.50. The quantitative estimate of drug-likeness (QED) is 0.733. The van der Waals surface area contributed by atoms with Crippen molar-refractivity contribution >= 4 is 5.78 Å². The summed E-state index contributed by atoms with van der Waals surface area (Å²) in [5, 5.41) is 0. The molecule has 92 valence electrons. The SMILES string of the molecule is CCCC1CCN([C@@H]2CCCCC2=O)CC1. The molecular formula is C14H25NO. The van der Waals surface area contributed by atoms with Gasteiger partial charge in [-0.15, -0.1) is 0 Å². The van der Waals surface area contributed by atoms with Crippen LogP contribution in [0, 0.1) is 5.92 Å². The molecular weight excluding hydrogens is 198 g/mol. The Morgan fingerprint density at radius 1 is 1.19 bits per heavy atom. The molecule has 0 N–H and O–H groups in total. The van der Waals surface area contributed by atoms with Crippen LogP contribution in [-0.4, -0.2) is 29.8 Å². The van der Waals surface area contributed by atoms with Gasteiger partial charge in [-0.3, -0.25) is 9.69 Å². The lowest BCUT2D eigenvalue weighted by Gasteiger charge is -2.38. The number of carbonyl (C=O) groups excluding carboxylic acids is 1. The van der Waals surface area contributed by atoms with E-state index in [-0.39, 0.29) is 6.04 Å². The molecule has 0 aromatic carbocycles. The Hall–Kier alpha value is -0.370. The minimum absolute atomic E-state index is 0.288. The first-order chi connectivity index (χ1) is 7.81. The lowest BCUT2D eigenvalue weighted by atomic mass is 9.88. The number of carbonyl (C=O) groups is 1. The lowest BCUT2D eigenvalue weighted by Crippen LogP contribution is -2.46. The van der Waals surface area contributed by atoms with Gasteiger partial charge in [0.15, 0.2) is 0 Å². The molecule has 2 heteroatoms. The first-order valence-electron chi connectivity index (χ1n) is 7.08. The van der Waals surface area contributed by atoms with E-state index in [0.717, 1.165) is 25.2 Å². The average molecular weight is 223 g/mol. The molecule has 0 spiro atoms. The van der Waals surface area contributed by atoms with E-state index in [9.17, 15) is 4.79 Å². The van der Waals surface area contributed by atoms with Crippen molar-refractivity contribution in [1.82, 2.24) is 4.90 Å². The third kappa shape index (κ3) is 2.85. The highest BCUT2D eigenvalue weighted by Crippen LogP contribution is 2.27. The van der Waals surface area contributed by atoms with Gasteiger partial charge in [-0.05, 0) is 44.7 Å². The van der Waals surface area contributed by atoms with Gasteiger partial charge in [0.25, 0.3) is 0 Å². The van der Waals surface area contributed by atoms with Crippen LogP contribution in [0.25, 0.3) is 0 Å². The minimum Gasteiger partial charge on any atom is -0.298 e. The summed E-state index contributed by atoms with van der Waals surface area (Å²) in [6.45, 7) is 4.61. The van der Waals surface area contributed by atoms with Gasteiger partial charge in [0, 0.05) is 6.42 Å². The molecule has 0 aromatic rings. The van der Waals surface area contributed by atoms with Crippen molar-refractivity contribution in [2.75, 3.05) is 13.1 Å². The van der Waals surface area contributed by atoms with Crippen LogP contribution in [0.3, 0.4) is 0 Å². The van der Waals surface area contributed by atoms with Crippen molar-refractivity contribution in [2.24, 2.45) is 5.92 Å². The zero-order valence-corrected chi connectivity index (χ0v) is 10.6. The zero-order valence-electron chi connectivity index (χ0n) is 10.6. The number of ketones is 1. The number of likely N-dealkylation sites (tertiary alicyclic amines) is 1. The summed E-state index contributed by atoms with van der Waals surface area (Å²) in [5.41, 5.74) is 0. The van der Waals surface area contributed by atoms with Crippen LogP contribution in [0.4, 0.5) is 0 Å². The number of nitrogens with zero attached hydrogens (tertiary/aromatic N) is 1. The molecule has 0 amide bonds. The predicted octanol–water partition coefficient (Wildman–Crippen LogP) is 3.01. The Balaban J connectivity index is 1.81. The van der Waals surface area contributed by atoms with E-state index in [0.29, 0.717) is 5.78 Å². The van der Waals surface area contributed by atoms with Gasteiger partial charge in [0.2, 0.25) is 0 Å². The van der Waals surface area contributed by atoms with Gasteiger partial charge < -0.3 is 0 Å². The maximum Gasteiger partial charge on any atom is 0.149 e. The standard InChI is InChI=1S/C14H25NO/c1-2-5-12-8-10-15(11-9-12)13-6-3-4-7-14(13)16/h12-13H,2-11H2,1H3/t13-/m1/s1. The summed E-state index contributed by atoms with van der Waals surface area (Å²) >= 11 is 0. The third-order valence-electron chi connectivity index (χ3n) is 4.31. The first-order valence-corrected chi connectivity index (χ1v) is 7.08. The Morgan fingerprint density at radius 2 is 1.94 bits per heavy atom. The third-order valence-corrected chi connectivity index (χ3v) is 4.31. The van der Waals surface area contributed by atoms with E-state index >= 15 is 0 Å². The van der Waals surface area contributed by atoms with Crippen molar-refractivity contribution in [3.63, 3.8) is 0 Å². The Labute approximate surface area is 99.4 Å². The van der Waals surface area contributed by atoms with Crippen LogP contribution >= 0.6 is 0 Å². The second-order valence-electron chi connectivity index (χ2n) is 5.50. The minimum atomic E-state index is 0.288. The molecule has 2 nitrogen and oxygen atoms in total. The van der Waals surface area contributed by atoms with Crippen molar-refractivity contribution in [3.8, 4) is 0 Å². The highest BCUT2D eigenvalue weighted by Gasteiger charge is 2.30. The van der Waals surface area contributed by atoms with E-state index in [1.165, 1.54) is 45.2 Å². The Kier molecular flexibility index (Phi) is 4.39. The van der Waals surface area contributed by atoms with Gasteiger partial charge in [0.1, 0.15) is 5.78 Å². The summed E-state index contributed by atoms with van der Waals surface area (Å²) < 4.78 is 0. The molecule has 2 rings (SSSR count). The molecule has 2 fully saturated rings.